The fraction of sp³-hybridized carbons (Fsp3) is 0.667. The Labute approximate surface area is 110 Å². The van der Waals surface area contributed by atoms with Gasteiger partial charge in [0.05, 0.1) is 19.3 Å². The molecule has 2 rings (SSSR count). The van der Waals surface area contributed by atoms with Gasteiger partial charge in [0, 0.05) is 12.7 Å². The van der Waals surface area contributed by atoms with E-state index in [-0.39, 0.29) is 5.41 Å². The summed E-state index contributed by atoms with van der Waals surface area (Å²) in [4.78, 5) is 6.99. The van der Waals surface area contributed by atoms with E-state index in [1.54, 1.807) is 0 Å². The zero-order valence-electron chi connectivity index (χ0n) is 11.9. The fourth-order valence-electron chi connectivity index (χ4n) is 2.44. The van der Waals surface area contributed by atoms with Crippen LogP contribution in [0.4, 0.5) is 5.82 Å². The smallest absolute Gasteiger partial charge is 0.132 e. The Bertz CT molecular complexity index is 398. The van der Waals surface area contributed by atoms with Crippen molar-refractivity contribution in [2.24, 2.45) is 5.41 Å². The van der Waals surface area contributed by atoms with Crippen LogP contribution in [0.2, 0.25) is 0 Å². The number of pyridine rings is 1. The molecule has 0 N–H and O–H groups in total. The number of hydrogen-bond acceptors (Lipinski definition) is 3. The van der Waals surface area contributed by atoms with E-state index in [1.807, 2.05) is 12.3 Å². The Morgan fingerprint density at radius 1 is 1.44 bits per heavy atom. The van der Waals surface area contributed by atoms with Crippen LogP contribution in [0.3, 0.4) is 0 Å². The van der Waals surface area contributed by atoms with Crippen LogP contribution in [-0.2, 0) is 11.2 Å². The van der Waals surface area contributed by atoms with Crippen LogP contribution in [0.5, 0.6) is 0 Å². The van der Waals surface area contributed by atoms with Gasteiger partial charge in [-0.25, -0.2) is 4.98 Å². The molecule has 1 fully saturated rings. The normalized spacial score (nSPS) is 21.1. The molecule has 100 valence electrons. The molecule has 0 radical (unpaired) electrons. The van der Waals surface area contributed by atoms with Crippen molar-refractivity contribution in [3.8, 4) is 0 Å². The zero-order valence-corrected chi connectivity index (χ0v) is 11.9. The molecule has 3 heteroatoms. The number of aromatic nitrogens is 1. The van der Waals surface area contributed by atoms with E-state index in [2.05, 4.69) is 43.6 Å². The molecule has 1 atom stereocenters. The van der Waals surface area contributed by atoms with Gasteiger partial charge >= 0.3 is 0 Å². The molecule has 0 aliphatic carbocycles. The molecule has 1 aliphatic heterocycles. The maximum atomic E-state index is 5.50. The summed E-state index contributed by atoms with van der Waals surface area (Å²) in [5.41, 5.74) is 1.63. The summed E-state index contributed by atoms with van der Waals surface area (Å²) in [5, 5.41) is 0. The van der Waals surface area contributed by atoms with Gasteiger partial charge in [0.2, 0.25) is 0 Å². The first kappa shape index (κ1) is 13.3. The molecule has 0 amide bonds. The van der Waals surface area contributed by atoms with E-state index in [4.69, 9.17) is 4.74 Å². The van der Waals surface area contributed by atoms with Gasteiger partial charge in [-0.2, -0.15) is 0 Å². The standard InChI is InChI=1S/C15H24N2O/c1-12-11-18-9-8-17(12)14-13(6-5-7-16-14)10-15(2,3)4/h5-7,12H,8-11H2,1-4H3. The minimum Gasteiger partial charge on any atom is -0.377 e. The number of rotatable bonds is 2. The number of nitrogens with zero attached hydrogens (tertiary/aromatic N) is 2. The maximum Gasteiger partial charge on any atom is 0.132 e. The highest BCUT2D eigenvalue weighted by Gasteiger charge is 2.24. The second kappa shape index (κ2) is 5.27. The highest BCUT2D eigenvalue weighted by molar-refractivity contribution is 5.48. The molecule has 0 saturated carbocycles. The first-order chi connectivity index (χ1) is 8.47. The van der Waals surface area contributed by atoms with E-state index in [0.717, 1.165) is 32.0 Å². The SMILES string of the molecule is CC1COCCN1c1ncccc1CC(C)(C)C. The van der Waals surface area contributed by atoms with Crippen LogP contribution >= 0.6 is 0 Å². The molecule has 18 heavy (non-hydrogen) atoms. The molecule has 0 aromatic carbocycles. The summed E-state index contributed by atoms with van der Waals surface area (Å²) < 4.78 is 5.50. The molecule has 1 saturated heterocycles. The molecule has 2 heterocycles. The van der Waals surface area contributed by atoms with Crippen LogP contribution in [0.15, 0.2) is 18.3 Å². The van der Waals surface area contributed by atoms with Crippen LogP contribution in [0.25, 0.3) is 0 Å². The molecule has 1 unspecified atom stereocenters. The first-order valence-corrected chi connectivity index (χ1v) is 6.76. The van der Waals surface area contributed by atoms with Crippen LogP contribution in [0.1, 0.15) is 33.3 Å². The third-order valence-electron chi connectivity index (χ3n) is 3.23. The molecule has 1 aromatic heterocycles. The van der Waals surface area contributed by atoms with Crippen molar-refractivity contribution in [2.75, 3.05) is 24.7 Å². The Morgan fingerprint density at radius 3 is 2.89 bits per heavy atom. The third kappa shape index (κ3) is 3.22. The van der Waals surface area contributed by atoms with E-state index in [0.29, 0.717) is 6.04 Å². The lowest BCUT2D eigenvalue weighted by atomic mass is 9.88. The van der Waals surface area contributed by atoms with Crippen molar-refractivity contribution < 1.29 is 4.74 Å². The van der Waals surface area contributed by atoms with Gasteiger partial charge in [0.25, 0.3) is 0 Å². The molecule has 3 nitrogen and oxygen atoms in total. The molecular weight excluding hydrogens is 224 g/mol. The lowest BCUT2D eigenvalue weighted by molar-refractivity contribution is 0.0984. The number of ether oxygens (including phenoxy) is 1. The minimum absolute atomic E-state index is 0.285. The van der Waals surface area contributed by atoms with Gasteiger partial charge in [-0.15, -0.1) is 0 Å². The van der Waals surface area contributed by atoms with Gasteiger partial charge in [0.1, 0.15) is 5.82 Å². The van der Waals surface area contributed by atoms with Crippen molar-refractivity contribution in [1.82, 2.24) is 4.98 Å². The van der Waals surface area contributed by atoms with E-state index in [9.17, 15) is 0 Å². The fourth-order valence-corrected chi connectivity index (χ4v) is 2.44. The largest absolute Gasteiger partial charge is 0.377 e. The van der Waals surface area contributed by atoms with Crippen molar-refractivity contribution in [3.63, 3.8) is 0 Å². The van der Waals surface area contributed by atoms with Crippen molar-refractivity contribution in [3.05, 3.63) is 23.9 Å². The average molecular weight is 248 g/mol. The lowest BCUT2D eigenvalue weighted by Crippen LogP contribution is -2.44. The summed E-state index contributed by atoms with van der Waals surface area (Å²) in [5.74, 6) is 1.14. The third-order valence-corrected chi connectivity index (χ3v) is 3.23. The van der Waals surface area contributed by atoms with Gasteiger partial charge in [-0.05, 0) is 30.4 Å². The predicted molar refractivity (Wildman–Crippen MR) is 75.0 cm³/mol. The zero-order chi connectivity index (χ0) is 13.2. The highest BCUT2D eigenvalue weighted by Crippen LogP contribution is 2.28. The van der Waals surface area contributed by atoms with Gasteiger partial charge in [0.15, 0.2) is 0 Å². The Morgan fingerprint density at radius 2 is 2.22 bits per heavy atom. The summed E-state index contributed by atoms with van der Waals surface area (Å²) in [7, 11) is 0. The number of anilines is 1. The van der Waals surface area contributed by atoms with E-state index in [1.165, 1.54) is 5.56 Å². The Balaban J connectivity index is 2.26. The van der Waals surface area contributed by atoms with Gasteiger partial charge < -0.3 is 9.64 Å². The van der Waals surface area contributed by atoms with Crippen molar-refractivity contribution in [2.45, 2.75) is 40.2 Å². The van der Waals surface area contributed by atoms with Crippen LogP contribution in [-0.4, -0.2) is 30.8 Å². The summed E-state index contributed by atoms with van der Waals surface area (Å²) in [6, 6.07) is 4.65. The monoisotopic (exact) mass is 248 g/mol. The van der Waals surface area contributed by atoms with Gasteiger partial charge in [-0.1, -0.05) is 26.8 Å². The average Bonchev–Trinajstić information content (AvgIpc) is 2.29. The molecular formula is C15H24N2O. The topological polar surface area (TPSA) is 25.4 Å². The lowest BCUT2D eigenvalue weighted by Gasteiger charge is -2.36. The number of hydrogen-bond donors (Lipinski definition) is 0. The van der Waals surface area contributed by atoms with E-state index >= 15 is 0 Å². The molecule has 1 aromatic rings. The van der Waals surface area contributed by atoms with Crippen molar-refractivity contribution in [1.29, 1.82) is 0 Å². The highest BCUT2D eigenvalue weighted by atomic mass is 16.5. The van der Waals surface area contributed by atoms with E-state index < -0.39 is 0 Å². The second-order valence-corrected chi connectivity index (χ2v) is 6.34. The Kier molecular flexibility index (Phi) is 3.91. The molecule has 0 spiro atoms. The minimum atomic E-state index is 0.285. The summed E-state index contributed by atoms with van der Waals surface area (Å²) >= 11 is 0. The summed E-state index contributed by atoms with van der Waals surface area (Å²) in [6.07, 6.45) is 2.95. The van der Waals surface area contributed by atoms with Crippen LogP contribution in [0, 0.1) is 5.41 Å². The first-order valence-electron chi connectivity index (χ1n) is 6.76. The summed E-state index contributed by atoms with van der Waals surface area (Å²) in [6.45, 7) is 11.6. The Hall–Kier alpha value is -1.09. The van der Waals surface area contributed by atoms with Crippen molar-refractivity contribution >= 4 is 5.82 Å². The quantitative estimate of drug-likeness (QED) is 0.804. The predicted octanol–water partition coefficient (Wildman–Crippen LogP) is 2.90. The molecule has 1 aliphatic rings. The van der Waals surface area contributed by atoms with Gasteiger partial charge in [-0.3, -0.25) is 0 Å². The number of morpholine rings is 1. The maximum absolute atomic E-state index is 5.50. The second-order valence-electron chi connectivity index (χ2n) is 6.34. The molecule has 0 bridgehead atoms. The van der Waals surface area contributed by atoms with Crippen LogP contribution < -0.4 is 4.90 Å².